The van der Waals surface area contributed by atoms with Gasteiger partial charge in [-0.05, 0) is 0 Å². The van der Waals surface area contributed by atoms with Gasteiger partial charge in [0, 0.05) is 0 Å². The molecule has 7 rings (SSSR count). The number of hydrogen-bond acceptors (Lipinski definition) is 0. The molecule has 0 radical (unpaired) electrons. The van der Waals surface area contributed by atoms with E-state index in [0.29, 0.717) is 13.3 Å². The standard InChI is InChI=1S/C48H64Si4.2CH3.Hf/c1-33(2)32-48(3,38-22-34-18-16-20-44(46(34)28-38)36-24-40(49(4,5)6)30-41(25-36)50(7,8)9)39-23-35-19-17-21-45(47(35)29-39)37-26-42(51(10,11)12)31-43(27-37)52(13,14)15;;;/h16-31,33H,32H2,1-15H3;2*1H3;. The Morgan fingerprint density at radius 3 is 1.15 bits per heavy atom. The van der Waals surface area contributed by atoms with Gasteiger partial charge in [-0.25, -0.2) is 0 Å². The Kier molecular flexibility index (Phi) is 10.2. The maximum atomic E-state index is 2.83. The van der Waals surface area contributed by atoms with Gasteiger partial charge in [-0.3, -0.25) is 0 Å². The molecule has 0 aromatic heterocycles. The van der Waals surface area contributed by atoms with E-state index in [1.54, 1.807) is 43.0 Å². The van der Waals surface area contributed by atoms with Crippen LogP contribution < -0.4 is 20.7 Å². The SMILES string of the molecule is CC(C)CC1(C)C2=Cc3c(-c4cc([Si](C)(C)C)cc([Si](C)(C)C)c4)cccc3[CH]2[Hf]([CH3])([CH3])[CH]2C1=Cc1c(-c3cc([Si](C)(C)C)cc([Si](C)(C)C)c3)cccc12. The van der Waals surface area contributed by atoms with Crippen molar-refractivity contribution in [2.45, 2.75) is 122 Å². The Morgan fingerprint density at radius 2 is 0.855 bits per heavy atom. The van der Waals surface area contributed by atoms with Crippen LogP contribution in [0.3, 0.4) is 0 Å². The fourth-order valence-corrected chi connectivity index (χ4v) is 33.0. The molecule has 1 heterocycles. The van der Waals surface area contributed by atoms with Gasteiger partial charge in [0.1, 0.15) is 0 Å². The molecule has 5 heteroatoms. The summed E-state index contributed by atoms with van der Waals surface area (Å²) in [5.74, 6) is 0.609. The summed E-state index contributed by atoms with van der Waals surface area (Å²) in [4.78, 5) is 0. The van der Waals surface area contributed by atoms with Crippen molar-refractivity contribution in [1.82, 2.24) is 0 Å². The van der Waals surface area contributed by atoms with Gasteiger partial charge in [0.15, 0.2) is 0 Å². The van der Waals surface area contributed by atoms with E-state index < -0.39 is 52.3 Å². The maximum absolute atomic E-state index is 3.23. The van der Waals surface area contributed by atoms with E-state index in [1.807, 2.05) is 0 Å². The predicted molar refractivity (Wildman–Crippen MR) is 256 cm³/mol. The van der Waals surface area contributed by atoms with Crippen molar-refractivity contribution in [1.29, 1.82) is 0 Å². The first-order valence-electron chi connectivity index (χ1n) is 21.3. The van der Waals surface area contributed by atoms with Crippen LogP contribution in [0.15, 0.2) is 83.9 Å². The van der Waals surface area contributed by atoms with Crippen molar-refractivity contribution in [3.8, 4) is 22.3 Å². The Balaban J connectivity index is 1.45. The van der Waals surface area contributed by atoms with Gasteiger partial charge >= 0.3 is 347 Å². The number of benzene rings is 4. The summed E-state index contributed by atoms with van der Waals surface area (Å²) in [7, 11) is -6.07. The van der Waals surface area contributed by atoms with Gasteiger partial charge in [0.05, 0.1) is 0 Å². The van der Waals surface area contributed by atoms with Crippen LogP contribution in [0.1, 0.15) is 56.8 Å². The van der Waals surface area contributed by atoms with Crippen molar-refractivity contribution in [3.63, 3.8) is 0 Å². The van der Waals surface area contributed by atoms with Crippen LogP contribution in [0.25, 0.3) is 34.4 Å². The van der Waals surface area contributed by atoms with Gasteiger partial charge in [0.25, 0.3) is 0 Å². The van der Waals surface area contributed by atoms with Crippen molar-refractivity contribution in [2.75, 3.05) is 0 Å². The molecule has 0 bridgehead atoms. The van der Waals surface area contributed by atoms with Crippen LogP contribution in [0.5, 0.6) is 0 Å². The van der Waals surface area contributed by atoms with E-state index >= 15 is 0 Å². The van der Waals surface area contributed by atoms with E-state index in [0.717, 1.165) is 0 Å². The Morgan fingerprint density at radius 1 is 0.527 bits per heavy atom. The molecule has 1 aliphatic heterocycles. The summed E-state index contributed by atoms with van der Waals surface area (Å²) >= 11 is -3.23. The fourth-order valence-electron chi connectivity index (χ4n) is 10.6. The van der Waals surface area contributed by atoms with Crippen LogP contribution in [0.4, 0.5) is 0 Å². The van der Waals surface area contributed by atoms with Gasteiger partial charge in [-0.15, -0.1) is 0 Å². The Labute approximate surface area is 344 Å². The molecule has 0 spiro atoms. The summed E-state index contributed by atoms with van der Waals surface area (Å²) in [6.07, 6.45) is 6.71. The van der Waals surface area contributed by atoms with Crippen LogP contribution in [-0.4, -0.2) is 32.3 Å². The summed E-state index contributed by atoms with van der Waals surface area (Å²) in [5, 5.41) is 6.42. The van der Waals surface area contributed by atoms with Crippen molar-refractivity contribution < 1.29 is 20.0 Å². The first-order chi connectivity index (χ1) is 25.2. The molecule has 1 fully saturated rings. The third kappa shape index (κ3) is 7.16. The monoisotopic (exact) mass is 962 g/mol. The molecule has 3 aliphatic rings. The predicted octanol–water partition coefficient (Wildman–Crippen LogP) is 13.1. The van der Waals surface area contributed by atoms with Gasteiger partial charge in [-0.2, -0.15) is 0 Å². The second-order valence-electron chi connectivity index (χ2n) is 23.0. The second kappa shape index (κ2) is 13.6. The zero-order valence-electron chi connectivity index (χ0n) is 37.5. The summed E-state index contributed by atoms with van der Waals surface area (Å²) in [6, 6.07) is 30.4. The summed E-state index contributed by atoms with van der Waals surface area (Å²) < 4.78 is 6.83. The fraction of sp³-hybridized carbons (Fsp3) is 0.440. The average Bonchev–Trinajstić information content (AvgIpc) is 3.67. The van der Waals surface area contributed by atoms with Gasteiger partial charge in [-0.1, -0.05) is 0 Å². The first kappa shape index (κ1) is 41.3. The minimum atomic E-state index is -3.23. The molecule has 290 valence electrons. The topological polar surface area (TPSA) is 0 Å². The molecular formula is C50H70HfSi4. The van der Waals surface area contributed by atoms with Crippen molar-refractivity contribution in [2.24, 2.45) is 11.3 Å². The van der Waals surface area contributed by atoms with Crippen LogP contribution in [0, 0.1) is 11.3 Å². The molecule has 4 aromatic rings. The van der Waals surface area contributed by atoms with E-state index in [9.17, 15) is 0 Å². The van der Waals surface area contributed by atoms with E-state index in [1.165, 1.54) is 39.8 Å². The number of hydrogen-bond donors (Lipinski definition) is 0. The third-order valence-corrected chi connectivity index (χ3v) is 36.9. The molecule has 2 atom stereocenters. The quantitative estimate of drug-likeness (QED) is 0.154. The number of fused-ring (bicyclic) bond motifs is 6. The Hall–Kier alpha value is -1.90. The zero-order chi connectivity index (χ0) is 40.4. The zero-order valence-corrected chi connectivity index (χ0v) is 45.1. The third-order valence-electron chi connectivity index (χ3n) is 13.7. The van der Waals surface area contributed by atoms with Crippen molar-refractivity contribution in [3.05, 3.63) is 106 Å². The second-order valence-corrected chi connectivity index (χ2v) is 60.6. The minimum absolute atomic E-state index is 0.0267. The molecule has 0 nitrogen and oxygen atoms in total. The number of rotatable bonds is 8. The van der Waals surface area contributed by atoms with E-state index in [2.05, 4.69) is 194 Å². The first-order valence-corrected chi connectivity index (χ1v) is 46.6. The molecule has 55 heavy (non-hydrogen) atoms. The van der Waals surface area contributed by atoms with Crippen molar-refractivity contribution >= 4 is 65.2 Å². The average molecular weight is 962 g/mol. The Bertz CT molecular complexity index is 2040. The molecule has 1 saturated heterocycles. The molecule has 4 aromatic carbocycles. The van der Waals surface area contributed by atoms with Crippen LogP contribution in [-0.2, 0) is 20.0 Å². The number of allylic oxidation sites excluding steroid dienone is 2. The van der Waals surface area contributed by atoms with Gasteiger partial charge < -0.3 is 0 Å². The van der Waals surface area contributed by atoms with Gasteiger partial charge in [0.2, 0.25) is 0 Å². The molecule has 2 unspecified atom stereocenters. The molecular weight excluding hydrogens is 891 g/mol. The van der Waals surface area contributed by atoms with E-state index in [4.69, 9.17) is 0 Å². The normalized spacial score (nSPS) is 21.9. The van der Waals surface area contributed by atoms with E-state index in [-0.39, 0.29) is 5.41 Å². The van der Waals surface area contributed by atoms with Crippen LogP contribution >= 0.6 is 0 Å². The van der Waals surface area contributed by atoms with Crippen LogP contribution in [0.2, 0.25) is 87.9 Å². The summed E-state index contributed by atoms with van der Waals surface area (Å²) in [6.45, 7) is 37.8. The molecule has 2 aliphatic carbocycles. The molecule has 0 N–H and O–H groups in total. The summed E-state index contributed by atoms with van der Waals surface area (Å²) in [5.41, 5.74) is 15.7. The molecule has 0 saturated carbocycles. The molecule has 0 amide bonds.